The van der Waals surface area contributed by atoms with Crippen LogP contribution in [-0.4, -0.2) is 32.6 Å². The van der Waals surface area contributed by atoms with Gasteiger partial charge in [0.05, 0.1) is 17.2 Å². The van der Waals surface area contributed by atoms with Crippen LogP contribution < -0.4 is 5.32 Å². The van der Waals surface area contributed by atoms with E-state index in [4.69, 9.17) is 9.84 Å². The molecule has 0 saturated carbocycles. The van der Waals surface area contributed by atoms with Crippen LogP contribution in [0.15, 0.2) is 42.7 Å². The summed E-state index contributed by atoms with van der Waals surface area (Å²) in [5.74, 6) is 0.423. The molecule has 9 heteroatoms. The van der Waals surface area contributed by atoms with Gasteiger partial charge in [-0.1, -0.05) is 6.07 Å². The fourth-order valence-corrected chi connectivity index (χ4v) is 2.92. The number of carboxylic acid groups (broad SMARTS) is 1. The molecule has 0 aromatic carbocycles. The summed E-state index contributed by atoms with van der Waals surface area (Å²) in [5, 5.41) is 12.5. The first-order valence-electron chi connectivity index (χ1n) is 7.51. The summed E-state index contributed by atoms with van der Waals surface area (Å²) in [6, 6.07) is 9.54. The molecule has 3 aromatic rings. The van der Waals surface area contributed by atoms with Crippen LogP contribution in [-0.2, 0) is 16.1 Å². The molecule has 136 valence electrons. The lowest BCUT2D eigenvalue weighted by atomic mass is 10.3. The normalized spacial score (nSPS) is 10.2. The van der Waals surface area contributed by atoms with Crippen LogP contribution in [0.25, 0.3) is 10.6 Å². The van der Waals surface area contributed by atoms with Gasteiger partial charge in [-0.25, -0.2) is 19.7 Å². The van der Waals surface area contributed by atoms with E-state index in [1.54, 1.807) is 12.4 Å². The number of aryl methyl sites for hydroxylation is 1. The average molecular weight is 393 g/mol. The van der Waals surface area contributed by atoms with Gasteiger partial charge in [-0.15, -0.1) is 23.7 Å². The molecule has 0 atom stereocenters. The summed E-state index contributed by atoms with van der Waals surface area (Å²) in [5.41, 5.74) is 1.89. The minimum Gasteiger partial charge on any atom is -0.480 e. The molecule has 0 aliphatic rings. The van der Waals surface area contributed by atoms with E-state index in [2.05, 4.69) is 20.3 Å². The highest BCUT2D eigenvalue weighted by Gasteiger charge is 2.08. The SMILES string of the molecule is Cc1ccnc(Nc2cccc(-c3cnc(COCC(=O)O)s3)n2)c1.Cl. The maximum Gasteiger partial charge on any atom is 0.329 e. The first-order chi connectivity index (χ1) is 12.1. The van der Waals surface area contributed by atoms with Gasteiger partial charge in [0.1, 0.15) is 23.3 Å². The van der Waals surface area contributed by atoms with Gasteiger partial charge in [0, 0.05) is 12.4 Å². The number of nitrogens with one attached hydrogen (secondary N) is 1. The molecule has 0 aliphatic heterocycles. The van der Waals surface area contributed by atoms with Gasteiger partial charge in [-0.05, 0) is 36.8 Å². The van der Waals surface area contributed by atoms with Crippen LogP contribution in [0.4, 0.5) is 11.6 Å². The van der Waals surface area contributed by atoms with Gasteiger partial charge in [0.15, 0.2) is 0 Å². The number of anilines is 2. The van der Waals surface area contributed by atoms with Crippen LogP contribution >= 0.6 is 23.7 Å². The highest BCUT2D eigenvalue weighted by atomic mass is 35.5. The predicted octanol–water partition coefficient (Wildman–Crippen LogP) is 3.68. The number of hydrogen-bond donors (Lipinski definition) is 2. The molecule has 0 saturated heterocycles. The summed E-state index contributed by atoms with van der Waals surface area (Å²) in [6.45, 7) is 1.83. The third kappa shape index (κ3) is 5.48. The van der Waals surface area contributed by atoms with Crippen molar-refractivity contribution in [3.05, 3.63) is 53.3 Å². The first kappa shape index (κ1) is 19.8. The van der Waals surface area contributed by atoms with E-state index in [0.717, 1.165) is 22.0 Å². The van der Waals surface area contributed by atoms with Crippen LogP contribution in [0.5, 0.6) is 0 Å². The molecule has 2 N–H and O–H groups in total. The molecule has 0 aliphatic carbocycles. The lowest BCUT2D eigenvalue weighted by Gasteiger charge is -2.06. The Morgan fingerprint density at radius 2 is 2.12 bits per heavy atom. The van der Waals surface area contributed by atoms with E-state index >= 15 is 0 Å². The van der Waals surface area contributed by atoms with Gasteiger partial charge >= 0.3 is 5.97 Å². The quantitative estimate of drug-likeness (QED) is 0.633. The number of nitrogens with zero attached hydrogens (tertiary/aromatic N) is 3. The van der Waals surface area contributed by atoms with Crippen molar-refractivity contribution in [3.8, 4) is 10.6 Å². The highest BCUT2D eigenvalue weighted by molar-refractivity contribution is 7.15. The molecule has 3 aromatic heterocycles. The Bertz CT molecular complexity index is 888. The molecular formula is C17H17ClN4O3S. The molecular weight excluding hydrogens is 376 g/mol. The number of hydrogen-bond acceptors (Lipinski definition) is 7. The van der Waals surface area contributed by atoms with Crippen molar-refractivity contribution in [3.63, 3.8) is 0 Å². The minimum atomic E-state index is -0.998. The predicted molar refractivity (Wildman–Crippen MR) is 102 cm³/mol. The Labute approximate surface area is 160 Å². The summed E-state index contributed by atoms with van der Waals surface area (Å²) in [6.07, 6.45) is 3.45. The smallest absolute Gasteiger partial charge is 0.329 e. The van der Waals surface area contributed by atoms with Gasteiger partial charge in [0.25, 0.3) is 0 Å². The summed E-state index contributed by atoms with van der Waals surface area (Å²) in [7, 11) is 0. The number of aromatic nitrogens is 3. The van der Waals surface area contributed by atoms with E-state index in [9.17, 15) is 4.79 Å². The van der Waals surface area contributed by atoms with Crippen molar-refractivity contribution in [2.24, 2.45) is 0 Å². The average Bonchev–Trinajstić information content (AvgIpc) is 3.04. The molecule has 3 rings (SSSR count). The fourth-order valence-electron chi connectivity index (χ4n) is 2.10. The largest absolute Gasteiger partial charge is 0.480 e. The molecule has 0 fully saturated rings. The first-order valence-corrected chi connectivity index (χ1v) is 8.33. The van der Waals surface area contributed by atoms with Crippen LogP contribution in [0.3, 0.4) is 0 Å². The minimum absolute atomic E-state index is 0. The highest BCUT2D eigenvalue weighted by Crippen LogP contribution is 2.26. The lowest BCUT2D eigenvalue weighted by Crippen LogP contribution is -2.06. The summed E-state index contributed by atoms with van der Waals surface area (Å²) < 4.78 is 5.05. The second-order valence-electron chi connectivity index (χ2n) is 5.26. The number of halogens is 1. The lowest BCUT2D eigenvalue weighted by molar-refractivity contribution is -0.142. The maximum absolute atomic E-state index is 10.5. The number of carbonyl (C=O) groups is 1. The zero-order valence-electron chi connectivity index (χ0n) is 13.9. The Morgan fingerprint density at radius 3 is 2.88 bits per heavy atom. The summed E-state index contributed by atoms with van der Waals surface area (Å²) >= 11 is 1.42. The van der Waals surface area contributed by atoms with Crippen molar-refractivity contribution >= 4 is 41.3 Å². The number of thiazole rings is 1. The van der Waals surface area contributed by atoms with Gasteiger partial charge in [-0.2, -0.15) is 0 Å². The van der Waals surface area contributed by atoms with Crippen LogP contribution in [0.2, 0.25) is 0 Å². The van der Waals surface area contributed by atoms with E-state index in [1.807, 2.05) is 37.3 Å². The fraction of sp³-hybridized carbons (Fsp3) is 0.176. The van der Waals surface area contributed by atoms with E-state index in [1.165, 1.54) is 11.3 Å². The molecule has 0 radical (unpaired) electrons. The molecule has 7 nitrogen and oxygen atoms in total. The Balaban J connectivity index is 0.00000243. The molecule has 0 unspecified atom stereocenters. The Hall–Kier alpha value is -2.55. The van der Waals surface area contributed by atoms with Crippen molar-refractivity contribution < 1.29 is 14.6 Å². The molecule has 0 bridgehead atoms. The van der Waals surface area contributed by atoms with E-state index < -0.39 is 5.97 Å². The van der Waals surface area contributed by atoms with Crippen LogP contribution in [0.1, 0.15) is 10.6 Å². The molecule has 26 heavy (non-hydrogen) atoms. The zero-order valence-corrected chi connectivity index (χ0v) is 15.5. The summed E-state index contributed by atoms with van der Waals surface area (Å²) in [4.78, 5) is 24.4. The maximum atomic E-state index is 10.5. The Morgan fingerprint density at radius 1 is 1.27 bits per heavy atom. The number of pyridine rings is 2. The number of aliphatic carboxylic acids is 1. The van der Waals surface area contributed by atoms with Crippen molar-refractivity contribution in [1.82, 2.24) is 15.0 Å². The van der Waals surface area contributed by atoms with Crippen molar-refractivity contribution in [2.75, 3.05) is 11.9 Å². The van der Waals surface area contributed by atoms with Gasteiger partial charge in [0.2, 0.25) is 0 Å². The third-order valence-corrected chi connectivity index (χ3v) is 4.17. The van der Waals surface area contributed by atoms with Gasteiger partial charge in [-0.3, -0.25) is 0 Å². The third-order valence-electron chi connectivity index (χ3n) is 3.18. The van der Waals surface area contributed by atoms with Crippen molar-refractivity contribution in [1.29, 1.82) is 0 Å². The van der Waals surface area contributed by atoms with E-state index in [0.29, 0.717) is 10.8 Å². The molecule has 0 amide bonds. The molecule has 0 spiro atoms. The number of ether oxygens (including phenoxy) is 1. The molecule has 3 heterocycles. The van der Waals surface area contributed by atoms with Crippen LogP contribution in [0, 0.1) is 6.92 Å². The topological polar surface area (TPSA) is 97.2 Å². The van der Waals surface area contributed by atoms with Gasteiger partial charge < -0.3 is 15.2 Å². The number of carboxylic acids is 1. The second-order valence-corrected chi connectivity index (χ2v) is 6.37. The van der Waals surface area contributed by atoms with Crippen molar-refractivity contribution in [2.45, 2.75) is 13.5 Å². The zero-order chi connectivity index (χ0) is 17.6. The monoisotopic (exact) mass is 392 g/mol. The second kappa shape index (κ2) is 9.23. The standard InChI is InChI=1S/C17H16N4O3S.ClH/c1-11-5-6-18-15(7-11)21-14-4-2-3-12(20-14)13-8-19-16(25-13)9-24-10-17(22)23;/h2-8H,9-10H2,1H3,(H,22,23)(H,18,20,21);1H. The Kier molecular flexibility index (Phi) is 7.02. The van der Waals surface area contributed by atoms with E-state index in [-0.39, 0.29) is 25.6 Å². The number of rotatable bonds is 7.